The maximum Gasteiger partial charge on any atom is 0.216 e. The fourth-order valence-corrected chi connectivity index (χ4v) is 1.50. The highest BCUT2D eigenvalue weighted by Gasteiger charge is 2.14. The standard InChI is InChI=1S/C12H10F2N6O/c1-2-21-9-4-3-8(13)11(10(9)14)16-6-7(5-15)12-17-19-20-18-12/h3-4,6,16H,2H2,1H3,(H,17,18,19,20). The molecular weight excluding hydrogens is 282 g/mol. The molecule has 0 radical (unpaired) electrons. The molecular formula is C12H10F2N6O. The molecule has 0 fully saturated rings. The maximum atomic E-state index is 14.0. The molecule has 0 saturated heterocycles. The van der Waals surface area contributed by atoms with Crippen molar-refractivity contribution in [1.29, 1.82) is 5.26 Å². The highest BCUT2D eigenvalue weighted by atomic mass is 19.1. The van der Waals surface area contributed by atoms with Gasteiger partial charge in [0.15, 0.2) is 11.6 Å². The van der Waals surface area contributed by atoms with E-state index < -0.39 is 17.3 Å². The van der Waals surface area contributed by atoms with Crippen molar-refractivity contribution in [2.24, 2.45) is 0 Å². The van der Waals surface area contributed by atoms with Crippen LogP contribution in [-0.4, -0.2) is 27.2 Å². The van der Waals surface area contributed by atoms with E-state index in [2.05, 4.69) is 25.9 Å². The van der Waals surface area contributed by atoms with Gasteiger partial charge in [-0.1, -0.05) is 0 Å². The SMILES string of the molecule is CCOc1ccc(F)c(NC=C(C#N)c2nn[nH]n2)c1F. The molecule has 1 aromatic heterocycles. The van der Waals surface area contributed by atoms with Gasteiger partial charge in [0.05, 0.1) is 6.61 Å². The first-order valence-electron chi connectivity index (χ1n) is 5.88. The van der Waals surface area contributed by atoms with Crippen molar-refractivity contribution < 1.29 is 13.5 Å². The summed E-state index contributed by atoms with van der Waals surface area (Å²) < 4.78 is 32.7. The lowest BCUT2D eigenvalue weighted by Gasteiger charge is -2.09. The zero-order valence-corrected chi connectivity index (χ0v) is 10.9. The normalized spacial score (nSPS) is 11.0. The second kappa shape index (κ2) is 6.42. The van der Waals surface area contributed by atoms with E-state index in [4.69, 9.17) is 10.00 Å². The molecule has 108 valence electrons. The van der Waals surface area contributed by atoms with E-state index in [-0.39, 0.29) is 23.8 Å². The first-order valence-corrected chi connectivity index (χ1v) is 5.88. The van der Waals surface area contributed by atoms with Gasteiger partial charge in [-0.15, -0.1) is 10.2 Å². The van der Waals surface area contributed by atoms with Crippen LogP contribution in [0.2, 0.25) is 0 Å². The number of halogens is 2. The van der Waals surface area contributed by atoms with Crippen molar-refractivity contribution in [3.05, 3.63) is 35.8 Å². The average molecular weight is 292 g/mol. The summed E-state index contributed by atoms with van der Waals surface area (Å²) in [6.45, 7) is 1.92. The number of nitrogens with one attached hydrogen (secondary N) is 2. The van der Waals surface area contributed by atoms with Crippen molar-refractivity contribution in [3.63, 3.8) is 0 Å². The lowest BCUT2D eigenvalue weighted by atomic mass is 10.2. The summed E-state index contributed by atoms with van der Waals surface area (Å²) in [5.41, 5.74) is -0.471. The van der Waals surface area contributed by atoms with E-state index in [0.717, 1.165) is 12.3 Å². The van der Waals surface area contributed by atoms with Crippen LogP contribution in [0.15, 0.2) is 18.3 Å². The smallest absolute Gasteiger partial charge is 0.216 e. The van der Waals surface area contributed by atoms with Crippen LogP contribution >= 0.6 is 0 Å². The minimum absolute atomic E-state index is 0.00628. The summed E-state index contributed by atoms with van der Waals surface area (Å²) in [6, 6.07) is 4.04. The molecule has 0 aliphatic rings. The van der Waals surface area contributed by atoms with Gasteiger partial charge in [0.2, 0.25) is 5.82 Å². The first-order chi connectivity index (χ1) is 10.2. The van der Waals surface area contributed by atoms with Gasteiger partial charge in [0.25, 0.3) is 0 Å². The van der Waals surface area contributed by atoms with Crippen LogP contribution in [0, 0.1) is 23.0 Å². The lowest BCUT2D eigenvalue weighted by Crippen LogP contribution is -2.02. The molecule has 2 N–H and O–H groups in total. The molecule has 0 unspecified atom stereocenters. The van der Waals surface area contributed by atoms with E-state index in [9.17, 15) is 8.78 Å². The molecule has 0 saturated carbocycles. The first kappa shape index (κ1) is 14.4. The van der Waals surface area contributed by atoms with Crippen molar-refractivity contribution in [2.75, 3.05) is 11.9 Å². The van der Waals surface area contributed by atoms with Crippen molar-refractivity contribution in [1.82, 2.24) is 20.6 Å². The molecule has 21 heavy (non-hydrogen) atoms. The molecule has 0 spiro atoms. The third-order valence-corrected chi connectivity index (χ3v) is 2.42. The number of hydrogen-bond donors (Lipinski definition) is 2. The van der Waals surface area contributed by atoms with Crippen LogP contribution in [-0.2, 0) is 0 Å². The summed E-state index contributed by atoms with van der Waals surface area (Å²) >= 11 is 0. The number of tetrazole rings is 1. The molecule has 0 atom stereocenters. The number of nitrogens with zero attached hydrogens (tertiary/aromatic N) is 4. The molecule has 2 rings (SSSR count). The number of hydrogen-bond acceptors (Lipinski definition) is 6. The fourth-order valence-electron chi connectivity index (χ4n) is 1.50. The van der Waals surface area contributed by atoms with Gasteiger partial charge in [-0.2, -0.15) is 10.5 Å². The van der Waals surface area contributed by atoms with E-state index in [1.807, 2.05) is 0 Å². The monoisotopic (exact) mass is 292 g/mol. The number of anilines is 1. The molecule has 7 nitrogen and oxygen atoms in total. The zero-order chi connectivity index (χ0) is 15.2. The van der Waals surface area contributed by atoms with Crippen molar-refractivity contribution >= 4 is 11.3 Å². The lowest BCUT2D eigenvalue weighted by molar-refractivity contribution is 0.321. The number of benzene rings is 1. The molecule has 1 aromatic carbocycles. The van der Waals surface area contributed by atoms with Gasteiger partial charge in [-0.05, 0) is 24.3 Å². The molecule has 1 heterocycles. The summed E-state index contributed by atoms with van der Waals surface area (Å²) in [4.78, 5) is 0. The number of allylic oxidation sites excluding steroid dienone is 1. The Morgan fingerprint density at radius 1 is 1.52 bits per heavy atom. The Morgan fingerprint density at radius 3 is 2.95 bits per heavy atom. The predicted molar refractivity (Wildman–Crippen MR) is 68.9 cm³/mol. The number of aromatic nitrogens is 4. The van der Waals surface area contributed by atoms with Crippen LogP contribution in [0.25, 0.3) is 5.57 Å². The molecule has 0 aliphatic carbocycles. The van der Waals surface area contributed by atoms with Crippen LogP contribution in [0.4, 0.5) is 14.5 Å². The summed E-state index contributed by atoms with van der Waals surface area (Å²) in [6.07, 6.45) is 1.09. The molecule has 0 bridgehead atoms. The Balaban J connectivity index is 2.31. The summed E-state index contributed by atoms with van der Waals surface area (Å²) in [5.74, 6) is -1.80. The van der Waals surface area contributed by atoms with Gasteiger partial charge in [0, 0.05) is 6.20 Å². The van der Waals surface area contributed by atoms with Crippen LogP contribution in [0.5, 0.6) is 5.75 Å². The van der Waals surface area contributed by atoms with E-state index in [1.54, 1.807) is 13.0 Å². The quantitative estimate of drug-likeness (QED) is 0.816. The predicted octanol–water partition coefficient (Wildman–Crippen LogP) is 1.85. The molecule has 0 aliphatic heterocycles. The molecule has 9 heteroatoms. The van der Waals surface area contributed by atoms with E-state index in [0.29, 0.717) is 0 Å². The van der Waals surface area contributed by atoms with Crippen LogP contribution in [0.1, 0.15) is 12.7 Å². The second-order valence-corrected chi connectivity index (χ2v) is 3.72. The van der Waals surface area contributed by atoms with Gasteiger partial charge in [-0.25, -0.2) is 8.78 Å². The maximum absolute atomic E-state index is 14.0. The molecule has 0 amide bonds. The van der Waals surface area contributed by atoms with Crippen LogP contribution < -0.4 is 10.1 Å². The topological polar surface area (TPSA) is 99.5 Å². The van der Waals surface area contributed by atoms with E-state index in [1.165, 1.54) is 6.07 Å². The number of H-pyrrole nitrogens is 1. The Kier molecular flexibility index (Phi) is 4.40. The minimum atomic E-state index is -0.890. The number of rotatable bonds is 5. The number of ether oxygens (including phenoxy) is 1. The Bertz CT molecular complexity index is 693. The van der Waals surface area contributed by atoms with Crippen molar-refractivity contribution in [3.8, 4) is 11.8 Å². The second-order valence-electron chi connectivity index (χ2n) is 3.72. The number of aromatic amines is 1. The van der Waals surface area contributed by atoms with Gasteiger partial charge in [-0.3, -0.25) is 0 Å². The third-order valence-electron chi connectivity index (χ3n) is 2.42. The Hall–Kier alpha value is -3.02. The highest BCUT2D eigenvalue weighted by molar-refractivity contribution is 5.74. The van der Waals surface area contributed by atoms with E-state index >= 15 is 0 Å². The average Bonchev–Trinajstić information content (AvgIpc) is 3.00. The van der Waals surface area contributed by atoms with Gasteiger partial charge >= 0.3 is 0 Å². The van der Waals surface area contributed by atoms with Crippen LogP contribution in [0.3, 0.4) is 0 Å². The largest absolute Gasteiger partial charge is 0.491 e. The Labute approximate surface area is 118 Å². The van der Waals surface area contributed by atoms with Gasteiger partial charge < -0.3 is 10.1 Å². The van der Waals surface area contributed by atoms with Gasteiger partial charge in [0.1, 0.15) is 23.1 Å². The highest BCUT2D eigenvalue weighted by Crippen LogP contribution is 2.28. The molecule has 2 aromatic rings. The minimum Gasteiger partial charge on any atom is -0.491 e. The Morgan fingerprint density at radius 2 is 2.33 bits per heavy atom. The summed E-state index contributed by atoms with van der Waals surface area (Å²) in [7, 11) is 0. The third kappa shape index (κ3) is 3.11. The number of nitriles is 1. The van der Waals surface area contributed by atoms with Crippen molar-refractivity contribution in [2.45, 2.75) is 6.92 Å². The fraction of sp³-hybridized carbons (Fsp3) is 0.167. The zero-order valence-electron chi connectivity index (χ0n) is 10.9. The summed E-state index contributed by atoms with van der Waals surface area (Å²) in [5, 5.41) is 24.0.